The molecule has 2 unspecified atom stereocenters. The van der Waals surface area contributed by atoms with E-state index in [0.717, 1.165) is 17.9 Å². The molecular formula is C19H25F3N4. The minimum atomic E-state index is -4.51. The minimum absolute atomic E-state index is 0.126. The quantitative estimate of drug-likeness (QED) is 0.867. The largest absolute Gasteiger partial charge is 0.419 e. The van der Waals surface area contributed by atoms with E-state index in [1.807, 2.05) is 0 Å². The molecule has 0 radical (unpaired) electrons. The summed E-state index contributed by atoms with van der Waals surface area (Å²) in [7, 11) is 0. The molecule has 142 valence electrons. The molecule has 7 heteroatoms. The molecule has 2 fully saturated rings. The number of hydrazone groups is 1. The molecule has 4 nitrogen and oxygen atoms in total. The van der Waals surface area contributed by atoms with Crippen molar-refractivity contribution < 1.29 is 13.2 Å². The molecule has 1 aromatic rings. The Kier molecular flexibility index (Phi) is 3.80. The van der Waals surface area contributed by atoms with Gasteiger partial charge in [-0.05, 0) is 57.4 Å². The average Bonchev–Trinajstić information content (AvgIpc) is 2.90. The van der Waals surface area contributed by atoms with Crippen molar-refractivity contribution in [2.75, 3.05) is 5.73 Å². The Morgan fingerprint density at radius 3 is 2.50 bits per heavy atom. The van der Waals surface area contributed by atoms with E-state index in [4.69, 9.17) is 10.8 Å². The molecule has 0 aromatic carbocycles. The summed E-state index contributed by atoms with van der Waals surface area (Å²) < 4.78 is 39.6. The highest BCUT2D eigenvalue weighted by molar-refractivity contribution is 6.02. The summed E-state index contributed by atoms with van der Waals surface area (Å²) in [5.74, 6) is 1.61. The first-order valence-corrected chi connectivity index (χ1v) is 9.33. The lowest BCUT2D eigenvalue weighted by atomic mass is 9.84. The Hall–Kier alpha value is -1.79. The molecule has 2 aliphatic carbocycles. The second kappa shape index (κ2) is 5.60. The predicted molar refractivity (Wildman–Crippen MR) is 94.5 cm³/mol. The zero-order chi connectivity index (χ0) is 18.9. The van der Waals surface area contributed by atoms with Crippen LogP contribution in [0, 0.1) is 17.8 Å². The van der Waals surface area contributed by atoms with Gasteiger partial charge in [-0.1, -0.05) is 6.42 Å². The SMILES string of the molecule is CC(C)N1N=C(c2cnc(N)c(C(F)(F)F)c2)CC1(C)C1[C@H]2CCC[C@@H]12. The number of alkyl halides is 3. The number of nitrogens with two attached hydrogens (primary N) is 1. The van der Waals surface area contributed by atoms with Gasteiger partial charge in [-0.2, -0.15) is 18.3 Å². The Morgan fingerprint density at radius 2 is 1.92 bits per heavy atom. The summed E-state index contributed by atoms with van der Waals surface area (Å²) in [6, 6.07) is 1.29. The van der Waals surface area contributed by atoms with E-state index in [9.17, 15) is 13.2 Å². The zero-order valence-electron chi connectivity index (χ0n) is 15.3. The second-order valence-electron chi connectivity index (χ2n) is 8.46. The monoisotopic (exact) mass is 366 g/mol. The van der Waals surface area contributed by atoms with Crippen LogP contribution in [-0.4, -0.2) is 27.3 Å². The van der Waals surface area contributed by atoms with E-state index < -0.39 is 17.6 Å². The number of hydrogen-bond acceptors (Lipinski definition) is 4. The van der Waals surface area contributed by atoms with Crippen LogP contribution < -0.4 is 5.73 Å². The van der Waals surface area contributed by atoms with Crippen molar-refractivity contribution in [3.05, 3.63) is 23.4 Å². The molecule has 2 N–H and O–H groups in total. The van der Waals surface area contributed by atoms with Crippen LogP contribution in [0.1, 0.15) is 57.6 Å². The molecule has 2 saturated carbocycles. The van der Waals surface area contributed by atoms with Gasteiger partial charge in [0, 0.05) is 24.2 Å². The average molecular weight is 366 g/mol. The van der Waals surface area contributed by atoms with E-state index >= 15 is 0 Å². The number of anilines is 1. The molecule has 4 atom stereocenters. The maximum Gasteiger partial charge on any atom is 0.419 e. The van der Waals surface area contributed by atoms with Crippen molar-refractivity contribution in [3.8, 4) is 0 Å². The Bertz CT molecular complexity index is 748. The van der Waals surface area contributed by atoms with E-state index in [2.05, 4.69) is 30.8 Å². The predicted octanol–water partition coefficient (Wildman–Crippen LogP) is 4.31. The number of pyridine rings is 1. The summed E-state index contributed by atoms with van der Waals surface area (Å²) in [4.78, 5) is 3.78. The fraction of sp³-hybridized carbons (Fsp3) is 0.684. The molecule has 1 aromatic heterocycles. The van der Waals surface area contributed by atoms with Crippen LogP contribution in [0.2, 0.25) is 0 Å². The van der Waals surface area contributed by atoms with E-state index in [-0.39, 0.29) is 11.6 Å². The highest BCUT2D eigenvalue weighted by atomic mass is 19.4. The molecule has 0 saturated heterocycles. The fourth-order valence-corrected chi connectivity index (χ4v) is 5.44. The normalized spacial score (nSPS) is 33.6. The molecule has 3 aliphatic rings. The number of nitrogens with zero attached hydrogens (tertiary/aromatic N) is 3. The minimum Gasteiger partial charge on any atom is -0.383 e. The van der Waals surface area contributed by atoms with Crippen molar-refractivity contribution in [2.24, 2.45) is 22.9 Å². The fourth-order valence-electron chi connectivity index (χ4n) is 5.44. The van der Waals surface area contributed by atoms with Gasteiger partial charge in [0.2, 0.25) is 0 Å². The highest BCUT2D eigenvalue weighted by Gasteiger charge is 2.64. The summed E-state index contributed by atoms with van der Waals surface area (Å²) in [5.41, 5.74) is 5.54. The van der Waals surface area contributed by atoms with Crippen LogP contribution in [0.5, 0.6) is 0 Å². The molecule has 2 heterocycles. The topological polar surface area (TPSA) is 54.5 Å². The number of halogens is 3. The standard InChI is InChI=1S/C19H25F3N4/c1-10(2)26-18(3,16-12-5-4-6-13(12)16)8-15(25-26)11-7-14(19(20,21)22)17(23)24-9-11/h7,9-10,12-13,16H,4-6,8H2,1-3H3,(H2,23,24)/t12-,13+,16?,18?. The second-order valence-corrected chi connectivity index (χ2v) is 8.46. The molecular weight excluding hydrogens is 341 g/mol. The highest BCUT2D eigenvalue weighted by Crippen LogP contribution is 2.65. The van der Waals surface area contributed by atoms with Crippen LogP contribution in [0.4, 0.5) is 19.0 Å². The maximum absolute atomic E-state index is 13.2. The van der Waals surface area contributed by atoms with Gasteiger partial charge in [-0.15, -0.1) is 0 Å². The van der Waals surface area contributed by atoms with Gasteiger partial charge in [0.05, 0.1) is 16.8 Å². The number of rotatable bonds is 3. The van der Waals surface area contributed by atoms with E-state index in [0.29, 0.717) is 23.6 Å². The van der Waals surface area contributed by atoms with Crippen LogP contribution in [-0.2, 0) is 6.18 Å². The van der Waals surface area contributed by atoms with Gasteiger partial charge in [0.15, 0.2) is 0 Å². The lowest BCUT2D eigenvalue weighted by Gasteiger charge is -2.39. The summed E-state index contributed by atoms with van der Waals surface area (Å²) in [5, 5.41) is 6.87. The number of hydrogen-bond donors (Lipinski definition) is 1. The number of nitrogen functional groups attached to an aromatic ring is 1. The van der Waals surface area contributed by atoms with Gasteiger partial charge >= 0.3 is 6.18 Å². The third-order valence-electron chi connectivity index (χ3n) is 6.45. The maximum atomic E-state index is 13.2. The third kappa shape index (κ3) is 2.58. The van der Waals surface area contributed by atoms with E-state index in [1.165, 1.54) is 25.5 Å². The third-order valence-corrected chi connectivity index (χ3v) is 6.45. The van der Waals surface area contributed by atoms with Crippen molar-refractivity contribution in [1.82, 2.24) is 9.99 Å². The number of fused-ring (bicyclic) bond motifs is 1. The zero-order valence-corrected chi connectivity index (χ0v) is 15.3. The van der Waals surface area contributed by atoms with Crippen molar-refractivity contribution in [3.63, 3.8) is 0 Å². The van der Waals surface area contributed by atoms with Gasteiger partial charge < -0.3 is 5.73 Å². The van der Waals surface area contributed by atoms with Crippen molar-refractivity contribution in [2.45, 2.75) is 64.2 Å². The molecule has 26 heavy (non-hydrogen) atoms. The Morgan fingerprint density at radius 1 is 1.27 bits per heavy atom. The van der Waals surface area contributed by atoms with Crippen LogP contribution >= 0.6 is 0 Å². The lowest BCUT2D eigenvalue weighted by molar-refractivity contribution is -0.137. The first-order valence-electron chi connectivity index (χ1n) is 9.33. The first kappa shape index (κ1) is 17.6. The Labute approximate surface area is 151 Å². The summed E-state index contributed by atoms with van der Waals surface area (Å²) in [6.07, 6.45) is 1.41. The van der Waals surface area contributed by atoms with Crippen LogP contribution in [0.25, 0.3) is 0 Å². The summed E-state index contributed by atoms with van der Waals surface area (Å²) >= 11 is 0. The smallest absolute Gasteiger partial charge is 0.383 e. The summed E-state index contributed by atoms with van der Waals surface area (Å²) in [6.45, 7) is 6.40. The first-order chi connectivity index (χ1) is 12.1. The molecule has 0 amide bonds. The van der Waals surface area contributed by atoms with Crippen molar-refractivity contribution >= 4 is 11.5 Å². The lowest BCUT2D eigenvalue weighted by Crippen LogP contribution is -2.46. The molecule has 1 aliphatic heterocycles. The molecule has 4 rings (SSSR count). The van der Waals surface area contributed by atoms with Gasteiger partial charge in [0.1, 0.15) is 5.82 Å². The van der Waals surface area contributed by atoms with Crippen LogP contribution in [0.3, 0.4) is 0 Å². The van der Waals surface area contributed by atoms with Crippen molar-refractivity contribution in [1.29, 1.82) is 0 Å². The van der Waals surface area contributed by atoms with Crippen LogP contribution in [0.15, 0.2) is 17.4 Å². The molecule has 0 bridgehead atoms. The van der Waals surface area contributed by atoms with Gasteiger partial charge in [-0.3, -0.25) is 5.01 Å². The van der Waals surface area contributed by atoms with Gasteiger partial charge in [-0.25, -0.2) is 4.98 Å². The van der Waals surface area contributed by atoms with Gasteiger partial charge in [0.25, 0.3) is 0 Å². The number of aromatic nitrogens is 1. The van der Waals surface area contributed by atoms with E-state index in [1.54, 1.807) is 0 Å². The molecule has 0 spiro atoms. The Balaban J connectivity index is 1.67.